The number of aliphatic hydroxyl groups is 2. The number of hydrogen-bond acceptors (Lipinski definition) is 12. The fourth-order valence-corrected chi connectivity index (χ4v) is 7.01. The summed E-state index contributed by atoms with van der Waals surface area (Å²) in [5.74, 6) is -2.06. The van der Waals surface area contributed by atoms with Gasteiger partial charge in [-0.3, -0.25) is 39.7 Å². The van der Waals surface area contributed by atoms with E-state index in [0.29, 0.717) is 0 Å². The Morgan fingerprint density at radius 2 is 1.37 bits per heavy atom. The average molecular weight is 629 g/mol. The minimum atomic E-state index is -4.91. The van der Waals surface area contributed by atoms with Crippen molar-refractivity contribution in [3.63, 3.8) is 0 Å². The number of rotatable bonds is 8. The van der Waals surface area contributed by atoms with Gasteiger partial charge in [0, 0.05) is 12.8 Å². The van der Waals surface area contributed by atoms with Crippen LogP contribution in [0.2, 0.25) is 0 Å². The molecule has 5 amide bonds. The summed E-state index contributed by atoms with van der Waals surface area (Å²) in [6.07, 6.45) is -8.09. The van der Waals surface area contributed by atoms with Gasteiger partial charge in [-0.15, -0.1) is 0 Å². The van der Waals surface area contributed by atoms with Gasteiger partial charge in [0.15, 0.2) is 0 Å². The summed E-state index contributed by atoms with van der Waals surface area (Å²) in [5.41, 5.74) is -1.49. The molecular weight excluding hydrogens is 600 g/mol. The summed E-state index contributed by atoms with van der Waals surface area (Å²) in [6, 6.07) is -4.03. The summed E-state index contributed by atoms with van der Waals surface area (Å²) in [6.45, 7) is 0.0509. The minimum absolute atomic E-state index is 0.233. The van der Waals surface area contributed by atoms with Crippen LogP contribution in [0.3, 0.4) is 0 Å². The molecule has 0 radical (unpaired) electrons. The van der Waals surface area contributed by atoms with Crippen LogP contribution in [0.5, 0.6) is 0 Å². The van der Waals surface area contributed by atoms with E-state index in [9.17, 15) is 33.7 Å². The predicted octanol–water partition coefficient (Wildman–Crippen LogP) is -2.92. The lowest BCUT2D eigenvalue weighted by Crippen LogP contribution is -2.88. The van der Waals surface area contributed by atoms with Crippen LogP contribution in [0.1, 0.15) is 19.8 Å². The van der Waals surface area contributed by atoms with Crippen molar-refractivity contribution in [2.24, 2.45) is 11.3 Å². The lowest BCUT2D eigenvalue weighted by molar-refractivity contribution is -0.198. The highest BCUT2D eigenvalue weighted by Gasteiger charge is 2.75. The SMILES string of the molecule is CC12C(=O)NC(=O)N([C@H]3C[C@H](O)[C@@H](COP(=O)(O)O)O3)C1C1C2C(=N)NC(=O)N1[C@H]1C[C@H](O)[C@@H](COP(=O)(O)O)O1. The van der Waals surface area contributed by atoms with Crippen LogP contribution in [0.15, 0.2) is 0 Å². The van der Waals surface area contributed by atoms with Crippen LogP contribution in [0, 0.1) is 16.7 Å². The molecule has 4 heterocycles. The second-order valence-corrected chi connectivity index (χ2v) is 13.0. The molecule has 1 saturated carbocycles. The van der Waals surface area contributed by atoms with E-state index in [1.54, 1.807) is 0 Å². The van der Waals surface area contributed by atoms with Crippen molar-refractivity contribution < 1.29 is 71.8 Å². The van der Waals surface area contributed by atoms with Crippen molar-refractivity contribution >= 4 is 39.5 Å². The van der Waals surface area contributed by atoms with Gasteiger partial charge in [-0.05, 0) is 6.92 Å². The summed E-state index contributed by atoms with van der Waals surface area (Å²) >= 11 is 0. The Bertz CT molecular complexity index is 1240. The molecule has 10 atom stereocenters. The number of carbonyl (C=O) groups excluding carboxylic acids is 3. The lowest BCUT2D eigenvalue weighted by atomic mass is 9.50. The molecule has 20 nitrogen and oxygen atoms in total. The van der Waals surface area contributed by atoms with Crippen molar-refractivity contribution in [1.82, 2.24) is 20.4 Å². The number of aliphatic hydroxyl groups excluding tert-OH is 2. The maximum Gasteiger partial charge on any atom is 0.469 e. The van der Waals surface area contributed by atoms with E-state index in [-0.39, 0.29) is 18.7 Å². The fourth-order valence-electron chi connectivity index (χ4n) is 6.33. The maximum absolute atomic E-state index is 13.2. The smallest absolute Gasteiger partial charge is 0.390 e. The molecule has 1 aliphatic carbocycles. The van der Waals surface area contributed by atoms with E-state index in [1.807, 2.05) is 0 Å². The average Bonchev–Trinajstić information content (AvgIpc) is 3.38. The van der Waals surface area contributed by atoms with E-state index in [4.69, 9.17) is 34.5 Å². The number of fused-ring (bicyclic) bond motifs is 4. The Morgan fingerprint density at radius 1 is 0.902 bits per heavy atom. The van der Waals surface area contributed by atoms with E-state index in [2.05, 4.69) is 19.7 Å². The number of nitrogens with one attached hydrogen (secondary N) is 3. The number of amides is 5. The Hall–Kier alpha value is -2.06. The monoisotopic (exact) mass is 629 g/mol. The van der Waals surface area contributed by atoms with Crippen LogP contribution in [0.25, 0.3) is 0 Å². The molecule has 5 aliphatic rings. The van der Waals surface area contributed by atoms with E-state index >= 15 is 0 Å². The van der Waals surface area contributed by atoms with Gasteiger partial charge < -0.3 is 39.3 Å². The molecule has 5 fully saturated rings. The second kappa shape index (κ2) is 10.3. The van der Waals surface area contributed by atoms with Crippen LogP contribution >= 0.6 is 15.6 Å². The van der Waals surface area contributed by atoms with Gasteiger partial charge in [0.25, 0.3) is 0 Å². The van der Waals surface area contributed by atoms with Gasteiger partial charge in [0.05, 0.1) is 48.8 Å². The molecular formula is C19H29N5O15P2. The topological polar surface area (TPSA) is 298 Å². The number of phosphoric acid groups is 2. The number of nitrogens with zero attached hydrogens (tertiary/aromatic N) is 2. The zero-order valence-electron chi connectivity index (χ0n) is 21.2. The fraction of sp³-hybridized carbons (Fsp3) is 0.789. The summed E-state index contributed by atoms with van der Waals surface area (Å²) < 4.78 is 42.5. The van der Waals surface area contributed by atoms with Gasteiger partial charge in [-0.1, -0.05) is 0 Å². The van der Waals surface area contributed by atoms with Crippen molar-refractivity contribution in [2.75, 3.05) is 13.2 Å². The Labute approximate surface area is 230 Å². The van der Waals surface area contributed by atoms with Gasteiger partial charge in [0.2, 0.25) is 5.91 Å². The third-order valence-electron chi connectivity index (χ3n) is 8.12. The number of carbonyl (C=O) groups is 3. The normalized spacial score (nSPS) is 41.1. The first kappa shape index (κ1) is 30.4. The quantitative estimate of drug-likeness (QED) is 0.122. The maximum atomic E-state index is 13.2. The molecule has 0 spiro atoms. The molecule has 41 heavy (non-hydrogen) atoms. The van der Waals surface area contributed by atoms with Crippen LogP contribution in [0.4, 0.5) is 9.59 Å². The van der Waals surface area contributed by atoms with Crippen LogP contribution in [-0.2, 0) is 32.4 Å². The van der Waals surface area contributed by atoms with E-state index < -0.39 is 107 Å². The molecule has 4 aliphatic heterocycles. The zero-order valence-corrected chi connectivity index (χ0v) is 23.0. The van der Waals surface area contributed by atoms with Gasteiger partial charge in [-0.25, -0.2) is 18.7 Å². The number of phosphoric ester groups is 2. The highest BCUT2D eigenvalue weighted by Crippen LogP contribution is 2.57. The number of amidine groups is 1. The van der Waals surface area contributed by atoms with Crippen LogP contribution < -0.4 is 10.6 Å². The molecule has 4 unspecified atom stereocenters. The van der Waals surface area contributed by atoms with Crippen molar-refractivity contribution in [3.8, 4) is 0 Å². The molecule has 4 saturated heterocycles. The minimum Gasteiger partial charge on any atom is -0.390 e. The first-order valence-electron chi connectivity index (χ1n) is 12.3. The molecule has 22 heteroatoms. The number of imide groups is 1. The molecule has 230 valence electrons. The highest BCUT2D eigenvalue weighted by molar-refractivity contribution is 7.46. The van der Waals surface area contributed by atoms with Gasteiger partial charge in [-0.2, -0.15) is 0 Å². The molecule has 0 aromatic carbocycles. The third-order valence-corrected chi connectivity index (χ3v) is 9.09. The van der Waals surface area contributed by atoms with Gasteiger partial charge >= 0.3 is 27.7 Å². The van der Waals surface area contributed by atoms with Gasteiger partial charge in [0.1, 0.15) is 30.5 Å². The molecule has 0 aromatic rings. The Balaban J connectivity index is 1.43. The van der Waals surface area contributed by atoms with E-state index in [0.717, 1.165) is 9.80 Å². The third kappa shape index (κ3) is 5.32. The molecule has 5 rings (SSSR count). The molecule has 0 aromatic heterocycles. The summed E-state index contributed by atoms with van der Waals surface area (Å²) in [7, 11) is -9.81. The number of ether oxygens (including phenoxy) is 2. The highest BCUT2D eigenvalue weighted by atomic mass is 31.2. The van der Waals surface area contributed by atoms with Crippen molar-refractivity contribution in [1.29, 1.82) is 5.41 Å². The predicted molar refractivity (Wildman–Crippen MR) is 127 cm³/mol. The summed E-state index contributed by atoms with van der Waals surface area (Å²) in [4.78, 5) is 77.6. The Kier molecular flexibility index (Phi) is 7.63. The summed E-state index contributed by atoms with van der Waals surface area (Å²) in [5, 5.41) is 33.9. The first-order chi connectivity index (χ1) is 18.9. The van der Waals surface area contributed by atoms with Crippen molar-refractivity contribution in [3.05, 3.63) is 0 Å². The standard InChI is InChI=1S/C19H29N5O15P2/c1-19-12-13(23(17(28)21-15(12)20)10-2-6(25)8(38-10)4-36-40(30,31)32)14(19)24(18(29)22-16(19)27)11-3-7(26)9(39-11)5-37-41(33,34)35/h6-14,25-26H,2-5H2,1H3,(H2,20,21,28)(H,22,27,29)(H2,30,31,32)(H2,33,34,35)/t6-,7-,8+,9+,10+,11+,12?,13?,14?,19?/m0/s1. The Morgan fingerprint density at radius 3 is 1.85 bits per heavy atom. The first-order valence-corrected chi connectivity index (χ1v) is 15.4. The molecule has 0 bridgehead atoms. The second-order valence-electron chi connectivity index (χ2n) is 10.6. The van der Waals surface area contributed by atoms with Crippen LogP contribution in [-0.4, -0.2) is 126 Å². The van der Waals surface area contributed by atoms with E-state index in [1.165, 1.54) is 6.92 Å². The number of hydrogen-bond donors (Lipinski definition) is 9. The largest absolute Gasteiger partial charge is 0.469 e. The zero-order chi connectivity index (χ0) is 30.2. The molecule has 9 N–H and O–H groups in total. The lowest BCUT2D eigenvalue weighted by Gasteiger charge is -2.67. The van der Waals surface area contributed by atoms with Crippen molar-refractivity contribution in [2.45, 2.75) is 68.7 Å². The number of urea groups is 2.